The van der Waals surface area contributed by atoms with Gasteiger partial charge in [-0.15, -0.1) is 0 Å². The Bertz CT molecular complexity index is 485. The quantitative estimate of drug-likeness (QED) is 0.170. The molecule has 0 aliphatic rings. The lowest BCUT2D eigenvalue weighted by molar-refractivity contribution is 0.534. The van der Waals surface area contributed by atoms with Crippen molar-refractivity contribution in [3.8, 4) is 0 Å². The molecular formula is C34H105NO3Si6. The van der Waals surface area contributed by atoms with Crippen LogP contribution in [-0.4, -0.2) is 57.2 Å². The fourth-order valence-corrected chi connectivity index (χ4v) is 25.6. The standard InChI is InChI=1S/C10H26OSi2.C9H25NOSi2.C6H18OSi2.9CH4/c1-7-9-10-13(5,6)11-12(3,4)8-2;1-6-12(2,3)11-13(4,5)9-7-8-10;1-6-9(4,5)7-8(2)3;;;;;;;;;/h7-10H2,1-6H3;6-10H2,1-5H3;8H,6H2,1-5H3;9*1H4. The van der Waals surface area contributed by atoms with Gasteiger partial charge < -0.3 is 18.1 Å². The minimum atomic E-state index is -1.40. The van der Waals surface area contributed by atoms with Gasteiger partial charge in [0.2, 0.25) is 0 Å². The first-order valence-corrected chi connectivity index (χ1v) is 32.8. The van der Waals surface area contributed by atoms with Crippen molar-refractivity contribution in [1.82, 2.24) is 0 Å². The highest BCUT2D eigenvalue weighted by atomic mass is 28.4. The molecule has 0 aliphatic heterocycles. The van der Waals surface area contributed by atoms with Crippen LogP contribution in [0.5, 0.6) is 0 Å². The summed E-state index contributed by atoms with van der Waals surface area (Å²) in [5.41, 5.74) is 5.51. The normalized spacial score (nSPS) is 10.5. The fraction of sp³-hybridized carbons (Fsp3) is 1.00. The van der Waals surface area contributed by atoms with Crippen molar-refractivity contribution in [2.75, 3.05) is 6.54 Å². The number of nitrogens with two attached hydrogens (primary N) is 1. The van der Waals surface area contributed by atoms with Crippen molar-refractivity contribution < 1.29 is 12.3 Å². The fourth-order valence-electron chi connectivity index (χ4n) is 3.59. The third-order valence-corrected chi connectivity index (χ3v) is 27.8. The highest BCUT2D eigenvalue weighted by Gasteiger charge is 2.31. The summed E-state index contributed by atoms with van der Waals surface area (Å²) >= 11 is 0. The molecule has 0 aromatic carbocycles. The van der Waals surface area contributed by atoms with Crippen molar-refractivity contribution in [3.05, 3.63) is 0 Å². The highest BCUT2D eigenvalue weighted by molar-refractivity contribution is 6.85. The molecule has 0 amide bonds. The Labute approximate surface area is 296 Å². The molecule has 0 rings (SSSR count). The lowest BCUT2D eigenvalue weighted by Gasteiger charge is -2.33. The summed E-state index contributed by atoms with van der Waals surface area (Å²) in [5.74, 6) is 0. The van der Waals surface area contributed by atoms with E-state index in [4.69, 9.17) is 18.1 Å². The first-order valence-electron chi connectivity index (χ1n) is 14.4. The van der Waals surface area contributed by atoms with Crippen molar-refractivity contribution >= 4 is 50.6 Å². The van der Waals surface area contributed by atoms with Crippen LogP contribution >= 0.6 is 0 Å². The molecule has 0 saturated heterocycles. The van der Waals surface area contributed by atoms with Crippen LogP contribution in [0.4, 0.5) is 0 Å². The molecule has 10 heteroatoms. The number of rotatable bonds is 15. The smallest absolute Gasteiger partial charge is 0.173 e. The van der Waals surface area contributed by atoms with Crippen LogP contribution in [0.2, 0.25) is 109 Å². The number of unbranched alkanes of at least 4 members (excludes halogenated alkanes) is 1. The Morgan fingerprint density at radius 3 is 0.909 bits per heavy atom. The van der Waals surface area contributed by atoms with Gasteiger partial charge in [-0.05, 0) is 122 Å². The van der Waals surface area contributed by atoms with Crippen molar-refractivity contribution in [2.45, 2.75) is 223 Å². The maximum absolute atomic E-state index is 6.35. The summed E-state index contributed by atoms with van der Waals surface area (Å²) < 4.78 is 18.5. The van der Waals surface area contributed by atoms with Crippen LogP contribution in [0.25, 0.3) is 0 Å². The molecule has 44 heavy (non-hydrogen) atoms. The van der Waals surface area contributed by atoms with Gasteiger partial charge in [-0.1, -0.05) is 107 Å². The summed E-state index contributed by atoms with van der Waals surface area (Å²) in [7, 11) is -7.29. The molecule has 0 saturated carbocycles. The lowest BCUT2D eigenvalue weighted by Crippen LogP contribution is -2.43. The van der Waals surface area contributed by atoms with Crippen molar-refractivity contribution in [2.24, 2.45) is 5.73 Å². The molecule has 0 heterocycles. The molecule has 0 unspecified atom stereocenters. The van der Waals surface area contributed by atoms with E-state index in [-0.39, 0.29) is 66.8 Å². The predicted octanol–water partition coefficient (Wildman–Crippen LogP) is 15.0. The van der Waals surface area contributed by atoms with E-state index in [9.17, 15) is 0 Å². The zero-order chi connectivity index (χ0) is 28.6. The number of hydrogen-bond donors (Lipinski definition) is 1. The topological polar surface area (TPSA) is 53.7 Å². The molecule has 0 spiro atoms. The Morgan fingerprint density at radius 2 is 0.727 bits per heavy atom. The zero-order valence-corrected chi connectivity index (χ0v) is 33.4. The van der Waals surface area contributed by atoms with Crippen LogP contribution in [0.3, 0.4) is 0 Å². The van der Waals surface area contributed by atoms with Crippen molar-refractivity contribution in [3.63, 3.8) is 0 Å². The largest absolute Gasteiger partial charge is 0.458 e. The summed E-state index contributed by atoms with van der Waals surface area (Å²) in [6.45, 7) is 37.5. The van der Waals surface area contributed by atoms with E-state index in [0.29, 0.717) is 0 Å². The summed E-state index contributed by atoms with van der Waals surface area (Å²) in [6.07, 6.45) is 3.76. The van der Waals surface area contributed by atoms with Gasteiger partial charge in [0.15, 0.2) is 50.6 Å². The lowest BCUT2D eigenvalue weighted by atomic mass is 10.4. The molecule has 2 N–H and O–H groups in total. The summed E-state index contributed by atoms with van der Waals surface area (Å²) in [5, 5.41) is 0. The van der Waals surface area contributed by atoms with Crippen LogP contribution in [0.15, 0.2) is 0 Å². The molecule has 0 bridgehead atoms. The minimum Gasteiger partial charge on any atom is -0.458 e. The minimum absolute atomic E-state index is 0. The van der Waals surface area contributed by atoms with E-state index < -0.39 is 50.6 Å². The van der Waals surface area contributed by atoms with E-state index in [0.717, 1.165) is 13.0 Å². The monoisotopic (exact) mass is 744 g/mol. The van der Waals surface area contributed by atoms with Gasteiger partial charge in [0.05, 0.1) is 0 Å². The van der Waals surface area contributed by atoms with Crippen LogP contribution in [0, 0.1) is 0 Å². The second kappa shape index (κ2) is 38.6. The molecule has 288 valence electrons. The Hall–Kier alpha value is 1.14. The average Bonchev–Trinajstić information content (AvgIpc) is 2.69. The Kier molecular flexibility index (Phi) is 70.2. The van der Waals surface area contributed by atoms with E-state index in [1.54, 1.807) is 0 Å². The predicted molar refractivity (Wildman–Crippen MR) is 240 cm³/mol. The average molecular weight is 745 g/mol. The Balaban J connectivity index is -0.0000000321. The van der Waals surface area contributed by atoms with Gasteiger partial charge in [-0.2, -0.15) is 0 Å². The second-order valence-corrected chi connectivity index (χ2v) is 38.6. The zero-order valence-electron chi connectivity index (χ0n) is 27.2. The molecule has 0 radical (unpaired) electrons. The molecule has 0 aromatic rings. The van der Waals surface area contributed by atoms with Gasteiger partial charge >= 0.3 is 0 Å². The molecule has 0 aliphatic carbocycles. The SMILES string of the molecule is C.C.C.C.C.C.C.C.C.CCCC[Si](C)(C)O[Si](C)(C)CC.CC[Si](C)(C)O[SiH](C)C.CC[Si](C)(C)O[Si](C)(C)CCCN. The molecule has 0 atom stereocenters. The first kappa shape index (κ1) is 80.1. The van der Waals surface area contributed by atoms with Crippen LogP contribution < -0.4 is 5.73 Å². The van der Waals surface area contributed by atoms with Gasteiger partial charge in [0.1, 0.15) is 0 Å². The molecule has 0 aromatic heterocycles. The van der Waals surface area contributed by atoms with Crippen molar-refractivity contribution in [1.29, 1.82) is 0 Å². The molecular weight excluding hydrogens is 639 g/mol. The van der Waals surface area contributed by atoms with E-state index >= 15 is 0 Å². The van der Waals surface area contributed by atoms with Gasteiger partial charge in [0.25, 0.3) is 0 Å². The molecule has 4 nitrogen and oxygen atoms in total. The van der Waals surface area contributed by atoms with E-state index in [2.05, 4.69) is 106 Å². The third kappa shape index (κ3) is 55.5. The first-order chi connectivity index (χ1) is 15.6. The summed E-state index contributed by atoms with van der Waals surface area (Å²) in [4.78, 5) is 0. The van der Waals surface area contributed by atoms with Crippen LogP contribution in [-0.2, 0) is 12.3 Å². The van der Waals surface area contributed by atoms with Gasteiger partial charge in [-0.3, -0.25) is 0 Å². The third-order valence-electron chi connectivity index (χ3n) is 6.33. The maximum atomic E-state index is 6.35. The second-order valence-electron chi connectivity index (χ2n) is 13.2. The van der Waals surface area contributed by atoms with Gasteiger partial charge in [-0.25, -0.2) is 0 Å². The highest BCUT2D eigenvalue weighted by Crippen LogP contribution is 2.23. The van der Waals surface area contributed by atoms with Gasteiger partial charge in [0, 0.05) is 0 Å². The van der Waals surface area contributed by atoms with E-state index in [1.807, 2.05) is 0 Å². The summed E-state index contributed by atoms with van der Waals surface area (Å²) in [6, 6.07) is 6.25. The Morgan fingerprint density at radius 1 is 0.455 bits per heavy atom. The van der Waals surface area contributed by atoms with Crippen LogP contribution in [0.1, 0.15) is 114 Å². The molecule has 0 fully saturated rings. The van der Waals surface area contributed by atoms with E-state index in [1.165, 1.54) is 43.1 Å². The number of hydrogen-bond acceptors (Lipinski definition) is 4. The maximum Gasteiger partial charge on any atom is 0.173 e.